The molecule has 1 heterocycles. The molecule has 1 rings (SSSR count). The summed E-state index contributed by atoms with van der Waals surface area (Å²) in [6, 6.07) is 0. The van der Waals surface area contributed by atoms with Crippen LogP contribution in [0.25, 0.3) is 0 Å². The third kappa shape index (κ3) is 2.56. The maximum atomic E-state index is 10.9. The summed E-state index contributed by atoms with van der Waals surface area (Å²) >= 11 is 0. The van der Waals surface area contributed by atoms with Gasteiger partial charge in [0.2, 0.25) is 5.91 Å². The first-order chi connectivity index (χ1) is 6.65. The fourth-order valence-corrected chi connectivity index (χ4v) is 1.12. The van der Waals surface area contributed by atoms with Crippen LogP contribution in [0.4, 0.5) is 0 Å². The molecule has 78 valence electrons. The van der Waals surface area contributed by atoms with Crippen LogP contribution in [-0.2, 0) is 18.4 Å². The van der Waals surface area contributed by atoms with Crippen LogP contribution in [0.3, 0.4) is 0 Å². The molecule has 5 heteroatoms. The van der Waals surface area contributed by atoms with Crippen LogP contribution >= 0.6 is 0 Å². The molecule has 1 aromatic rings. The summed E-state index contributed by atoms with van der Waals surface area (Å²) in [5.74, 6) is -0.00783. The van der Waals surface area contributed by atoms with E-state index in [0.29, 0.717) is 13.1 Å². The van der Waals surface area contributed by atoms with E-state index in [9.17, 15) is 4.79 Å². The molecule has 2 N–H and O–H groups in total. The number of carbonyl (C=O) groups excluding carboxylic acids is 1. The molecule has 0 atom stereocenters. The second kappa shape index (κ2) is 4.76. The first-order valence-corrected chi connectivity index (χ1v) is 4.54. The number of amides is 1. The molecule has 0 aliphatic heterocycles. The lowest BCUT2D eigenvalue weighted by molar-refractivity contribution is -0.119. The Balaban J connectivity index is 2.39. The van der Waals surface area contributed by atoms with E-state index < -0.39 is 0 Å². The van der Waals surface area contributed by atoms with Crippen molar-refractivity contribution in [3.8, 4) is 0 Å². The van der Waals surface area contributed by atoms with Gasteiger partial charge in [-0.1, -0.05) is 0 Å². The van der Waals surface area contributed by atoms with Crippen molar-refractivity contribution in [3.63, 3.8) is 0 Å². The summed E-state index contributed by atoms with van der Waals surface area (Å²) in [7, 11) is 3.52. The zero-order chi connectivity index (χ0) is 10.6. The van der Waals surface area contributed by atoms with Crippen LogP contribution < -0.4 is 10.6 Å². The largest absolute Gasteiger partial charge is 0.358 e. The summed E-state index contributed by atoms with van der Waals surface area (Å²) in [5.41, 5.74) is 2.24. The number of nitrogens with zero attached hydrogens (tertiary/aromatic N) is 2. The second-order valence-electron chi connectivity index (χ2n) is 3.16. The van der Waals surface area contributed by atoms with Crippen LogP contribution in [0, 0.1) is 6.92 Å². The molecule has 0 aromatic carbocycles. The minimum atomic E-state index is -0.00783. The van der Waals surface area contributed by atoms with E-state index in [1.807, 2.05) is 24.9 Å². The lowest BCUT2D eigenvalue weighted by Crippen LogP contribution is -2.31. The lowest BCUT2D eigenvalue weighted by Gasteiger charge is -2.03. The highest BCUT2D eigenvalue weighted by atomic mass is 16.1. The van der Waals surface area contributed by atoms with E-state index in [4.69, 9.17) is 0 Å². The maximum Gasteiger partial charge on any atom is 0.233 e. The molecule has 0 aliphatic carbocycles. The zero-order valence-corrected chi connectivity index (χ0v) is 8.79. The smallest absolute Gasteiger partial charge is 0.233 e. The highest BCUT2D eigenvalue weighted by Gasteiger charge is 2.03. The predicted molar refractivity (Wildman–Crippen MR) is 53.7 cm³/mol. The minimum Gasteiger partial charge on any atom is -0.358 e. The molecular formula is C9H16N4O. The number of likely N-dealkylation sites (N-methyl/N-ethyl adjacent to an activating group) is 1. The van der Waals surface area contributed by atoms with Crippen molar-refractivity contribution in [1.29, 1.82) is 0 Å². The molecular weight excluding hydrogens is 180 g/mol. The van der Waals surface area contributed by atoms with Crippen LogP contribution in [0.1, 0.15) is 11.3 Å². The van der Waals surface area contributed by atoms with E-state index in [0.717, 1.165) is 11.3 Å². The summed E-state index contributed by atoms with van der Waals surface area (Å²) in [6.45, 7) is 3.02. The molecule has 0 saturated carbocycles. The van der Waals surface area contributed by atoms with Gasteiger partial charge in [-0.3, -0.25) is 9.48 Å². The Bertz CT molecular complexity index is 319. The number of nitrogens with one attached hydrogen (secondary N) is 2. The first kappa shape index (κ1) is 10.7. The third-order valence-electron chi connectivity index (χ3n) is 2.22. The Morgan fingerprint density at radius 2 is 2.36 bits per heavy atom. The van der Waals surface area contributed by atoms with Crippen molar-refractivity contribution >= 4 is 5.91 Å². The molecule has 0 aliphatic rings. The van der Waals surface area contributed by atoms with Crippen molar-refractivity contribution in [2.45, 2.75) is 13.5 Å². The zero-order valence-electron chi connectivity index (χ0n) is 8.79. The number of rotatable bonds is 4. The molecule has 0 saturated heterocycles. The van der Waals surface area contributed by atoms with Gasteiger partial charge in [-0.05, 0) is 6.92 Å². The van der Waals surface area contributed by atoms with Crippen molar-refractivity contribution in [2.75, 3.05) is 13.6 Å². The van der Waals surface area contributed by atoms with E-state index in [1.165, 1.54) is 0 Å². The highest BCUT2D eigenvalue weighted by molar-refractivity contribution is 5.77. The van der Waals surface area contributed by atoms with Crippen LogP contribution in [0.15, 0.2) is 6.20 Å². The molecule has 14 heavy (non-hydrogen) atoms. The number of hydrogen-bond donors (Lipinski definition) is 2. The molecule has 0 spiro atoms. The number of carbonyl (C=O) groups is 1. The van der Waals surface area contributed by atoms with Gasteiger partial charge >= 0.3 is 0 Å². The Hall–Kier alpha value is -1.36. The van der Waals surface area contributed by atoms with Gasteiger partial charge in [0.25, 0.3) is 0 Å². The summed E-state index contributed by atoms with van der Waals surface area (Å²) in [6.07, 6.45) is 1.81. The summed E-state index contributed by atoms with van der Waals surface area (Å²) in [5, 5.41) is 9.70. The van der Waals surface area contributed by atoms with E-state index in [-0.39, 0.29) is 5.91 Å². The van der Waals surface area contributed by atoms with Gasteiger partial charge in [0.15, 0.2) is 0 Å². The van der Waals surface area contributed by atoms with Gasteiger partial charge in [-0.2, -0.15) is 5.10 Å². The Morgan fingerprint density at radius 1 is 1.64 bits per heavy atom. The average molecular weight is 196 g/mol. The number of aryl methyl sites for hydroxylation is 1. The highest BCUT2D eigenvalue weighted by Crippen LogP contribution is 2.03. The molecule has 0 unspecified atom stereocenters. The van der Waals surface area contributed by atoms with Crippen molar-refractivity contribution in [3.05, 3.63) is 17.5 Å². The summed E-state index contributed by atoms with van der Waals surface area (Å²) < 4.78 is 1.82. The standard InChI is InChI=1S/C9H16N4O/c1-7-8(5-12-13(7)3)4-11-6-9(14)10-2/h5,11H,4,6H2,1-3H3,(H,10,14). The monoisotopic (exact) mass is 196 g/mol. The molecule has 5 nitrogen and oxygen atoms in total. The minimum absolute atomic E-state index is 0.00783. The Kier molecular flexibility index (Phi) is 3.64. The topological polar surface area (TPSA) is 59.0 Å². The third-order valence-corrected chi connectivity index (χ3v) is 2.22. The maximum absolute atomic E-state index is 10.9. The van der Waals surface area contributed by atoms with Gasteiger partial charge < -0.3 is 10.6 Å². The molecule has 0 bridgehead atoms. The average Bonchev–Trinajstić information content (AvgIpc) is 2.49. The predicted octanol–water partition coefficient (Wildman–Crippen LogP) is -0.436. The van der Waals surface area contributed by atoms with Crippen molar-refractivity contribution in [2.24, 2.45) is 7.05 Å². The van der Waals surface area contributed by atoms with Gasteiger partial charge in [-0.25, -0.2) is 0 Å². The fourth-order valence-electron chi connectivity index (χ4n) is 1.12. The van der Waals surface area contributed by atoms with Crippen molar-refractivity contribution < 1.29 is 4.79 Å². The fraction of sp³-hybridized carbons (Fsp3) is 0.556. The van der Waals surface area contributed by atoms with Crippen LogP contribution in [0.2, 0.25) is 0 Å². The van der Waals surface area contributed by atoms with Gasteiger partial charge in [-0.15, -0.1) is 0 Å². The summed E-state index contributed by atoms with van der Waals surface area (Å²) in [4.78, 5) is 10.9. The van der Waals surface area contributed by atoms with E-state index >= 15 is 0 Å². The van der Waals surface area contributed by atoms with Gasteiger partial charge in [0, 0.05) is 31.9 Å². The number of hydrogen-bond acceptors (Lipinski definition) is 3. The number of aromatic nitrogens is 2. The quantitative estimate of drug-likeness (QED) is 0.686. The second-order valence-corrected chi connectivity index (χ2v) is 3.16. The van der Waals surface area contributed by atoms with E-state index in [1.54, 1.807) is 7.05 Å². The van der Waals surface area contributed by atoms with E-state index in [2.05, 4.69) is 15.7 Å². The molecule has 0 fully saturated rings. The van der Waals surface area contributed by atoms with Crippen LogP contribution in [0.5, 0.6) is 0 Å². The molecule has 0 radical (unpaired) electrons. The SMILES string of the molecule is CNC(=O)CNCc1cnn(C)c1C. The Labute approximate surface area is 83.5 Å². The van der Waals surface area contributed by atoms with Gasteiger partial charge in [0.05, 0.1) is 12.7 Å². The van der Waals surface area contributed by atoms with Crippen molar-refractivity contribution in [1.82, 2.24) is 20.4 Å². The lowest BCUT2D eigenvalue weighted by atomic mass is 10.2. The van der Waals surface area contributed by atoms with Crippen LogP contribution in [-0.4, -0.2) is 29.3 Å². The Morgan fingerprint density at radius 3 is 2.86 bits per heavy atom. The normalized spacial score (nSPS) is 10.2. The van der Waals surface area contributed by atoms with Gasteiger partial charge in [0.1, 0.15) is 0 Å². The molecule has 1 amide bonds. The molecule has 1 aromatic heterocycles. The first-order valence-electron chi connectivity index (χ1n) is 4.54.